The Morgan fingerprint density at radius 3 is 2.06 bits per heavy atom. The van der Waals surface area contributed by atoms with E-state index in [1.165, 1.54) is 16.2 Å². The first-order valence-corrected chi connectivity index (χ1v) is 11.4. The van der Waals surface area contributed by atoms with Crippen molar-refractivity contribution >= 4 is 40.4 Å². The van der Waals surface area contributed by atoms with Crippen molar-refractivity contribution in [2.24, 2.45) is 0 Å². The summed E-state index contributed by atoms with van der Waals surface area (Å²) in [5.74, 6) is -0.616. The van der Waals surface area contributed by atoms with Crippen molar-refractivity contribution in [1.82, 2.24) is 4.90 Å². The molecule has 3 aromatic carbocycles. The van der Waals surface area contributed by atoms with E-state index in [4.69, 9.17) is 11.6 Å². The Hall–Kier alpha value is -3.57. The summed E-state index contributed by atoms with van der Waals surface area (Å²) in [6.45, 7) is 4.94. The average molecular weight is 458 g/mol. The molecule has 2 aliphatic heterocycles. The molecule has 2 aliphatic rings. The number of anilines is 2. The number of carbonyl (C=O) groups excluding carboxylic acids is 2. The van der Waals surface area contributed by atoms with E-state index in [-0.39, 0.29) is 11.8 Å². The van der Waals surface area contributed by atoms with E-state index in [1.807, 2.05) is 30.3 Å². The molecule has 2 heterocycles. The van der Waals surface area contributed by atoms with Gasteiger partial charge >= 0.3 is 0 Å². The lowest BCUT2D eigenvalue weighted by atomic mass is 10.0. The molecule has 0 radical (unpaired) electrons. The highest BCUT2D eigenvalue weighted by molar-refractivity contribution is 6.45. The van der Waals surface area contributed by atoms with Gasteiger partial charge in [-0.15, -0.1) is 0 Å². The number of rotatable bonds is 4. The van der Waals surface area contributed by atoms with Gasteiger partial charge in [0.05, 0.1) is 11.3 Å². The minimum absolute atomic E-state index is 0.301. The fourth-order valence-electron chi connectivity index (χ4n) is 4.54. The molecule has 0 atom stereocenters. The molecule has 33 heavy (non-hydrogen) atoms. The van der Waals surface area contributed by atoms with E-state index in [1.54, 1.807) is 24.3 Å². The van der Waals surface area contributed by atoms with Crippen LogP contribution in [-0.4, -0.2) is 42.9 Å². The zero-order chi connectivity index (χ0) is 22.9. The van der Waals surface area contributed by atoms with E-state index in [0.29, 0.717) is 35.1 Å². The largest absolute Gasteiger partial charge is 0.368 e. The van der Waals surface area contributed by atoms with Crippen LogP contribution >= 0.6 is 11.6 Å². The summed E-state index contributed by atoms with van der Waals surface area (Å²) in [6.07, 6.45) is 0. The Morgan fingerprint density at radius 2 is 1.36 bits per heavy atom. The van der Waals surface area contributed by atoms with Crippen LogP contribution in [0.2, 0.25) is 5.02 Å². The fraction of sp³-hybridized carbons (Fsp3) is 0.185. The molecule has 0 N–H and O–H groups in total. The first kappa shape index (κ1) is 21.3. The summed E-state index contributed by atoms with van der Waals surface area (Å²) in [5, 5.41) is 0.481. The molecule has 0 bridgehead atoms. The van der Waals surface area contributed by atoms with E-state index in [9.17, 15) is 9.59 Å². The molecule has 5 rings (SSSR count). The van der Waals surface area contributed by atoms with E-state index in [0.717, 1.165) is 18.7 Å². The minimum Gasteiger partial charge on any atom is -0.368 e. The Kier molecular flexibility index (Phi) is 5.65. The van der Waals surface area contributed by atoms with Gasteiger partial charge in [-0.25, -0.2) is 4.90 Å². The number of nitrogens with zero attached hydrogens (tertiary/aromatic N) is 3. The molecule has 0 aliphatic carbocycles. The van der Waals surface area contributed by atoms with Gasteiger partial charge < -0.3 is 9.80 Å². The normalized spacial score (nSPS) is 16.7. The zero-order valence-corrected chi connectivity index (χ0v) is 19.1. The molecule has 0 aromatic heterocycles. The van der Waals surface area contributed by atoms with Crippen LogP contribution in [0.5, 0.6) is 0 Å². The third-order valence-electron chi connectivity index (χ3n) is 6.15. The van der Waals surface area contributed by atoms with Crippen molar-refractivity contribution in [3.63, 3.8) is 0 Å². The molecule has 2 amide bonds. The SMILES string of the molecule is Cc1cccc(N2CCN(C3=C(c4ccccc4)C(=O)N(c4cccc(Cl)c4)C3=O)CC2)c1. The molecule has 0 unspecified atom stereocenters. The van der Waals surface area contributed by atoms with Crippen molar-refractivity contribution in [2.45, 2.75) is 6.92 Å². The maximum atomic E-state index is 13.7. The topological polar surface area (TPSA) is 43.9 Å². The second-order valence-electron chi connectivity index (χ2n) is 8.33. The molecule has 1 fully saturated rings. The third-order valence-corrected chi connectivity index (χ3v) is 6.39. The number of carbonyl (C=O) groups is 2. The van der Waals surface area contributed by atoms with Crippen molar-refractivity contribution in [3.8, 4) is 0 Å². The average Bonchev–Trinajstić information content (AvgIpc) is 3.09. The summed E-state index contributed by atoms with van der Waals surface area (Å²) in [7, 11) is 0. The molecule has 5 nitrogen and oxygen atoms in total. The van der Waals surface area contributed by atoms with Crippen molar-refractivity contribution < 1.29 is 9.59 Å². The number of amides is 2. The number of hydrogen-bond acceptors (Lipinski definition) is 4. The Bertz CT molecular complexity index is 1250. The summed E-state index contributed by atoms with van der Waals surface area (Å²) >= 11 is 6.16. The minimum atomic E-state index is -0.315. The fourth-order valence-corrected chi connectivity index (χ4v) is 4.72. The molecule has 0 saturated carbocycles. The van der Waals surface area contributed by atoms with Gasteiger partial charge in [-0.1, -0.05) is 60.1 Å². The van der Waals surface area contributed by atoms with Crippen LogP contribution < -0.4 is 9.80 Å². The Labute approximate surface area is 198 Å². The first-order chi connectivity index (χ1) is 16.0. The van der Waals surface area contributed by atoms with Gasteiger partial charge in [0.15, 0.2) is 0 Å². The molecular formula is C27H24ClN3O2. The molecule has 1 saturated heterocycles. The smallest absolute Gasteiger partial charge is 0.282 e. The van der Waals surface area contributed by atoms with Crippen LogP contribution in [0.3, 0.4) is 0 Å². The lowest BCUT2D eigenvalue weighted by Gasteiger charge is -2.37. The molecule has 166 valence electrons. The zero-order valence-electron chi connectivity index (χ0n) is 18.4. The quantitative estimate of drug-likeness (QED) is 0.530. The van der Waals surface area contributed by atoms with Gasteiger partial charge in [0, 0.05) is 36.9 Å². The lowest BCUT2D eigenvalue weighted by Crippen LogP contribution is -2.47. The number of benzene rings is 3. The van der Waals surface area contributed by atoms with E-state index in [2.05, 4.69) is 41.0 Å². The first-order valence-electron chi connectivity index (χ1n) is 11.0. The van der Waals surface area contributed by atoms with Crippen molar-refractivity contribution in [3.05, 3.63) is 101 Å². The second kappa shape index (κ2) is 8.75. The predicted molar refractivity (Wildman–Crippen MR) is 132 cm³/mol. The van der Waals surface area contributed by atoms with E-state index < -0.39 is 0 Å². The van der Waals surface area contributed by atoms with Crippen molar-refractivity contribution in [2.75, 3.05) is 36.0 Å². The Morgan fingerprint density at radius 1 is 0.697 bits per heavy atom. The van der Waals surface area contributed by atoms with Gasteiger partial charge in [0.1, 0.15) is 5.70 Å². The Balaban J connectivity index is 1.48. The number of halogens is 1. The second-order valence-corrected chi connectivity index (χ2v) is 8.76. The maximum Gasteiger partial charge on any atom is 0.282 e. The van der Waals surface area contributed by atoms with Crippen molar-refractivity contribution in [1.29, 1.82) is 0 Å². The van der Waals surface area contributed by atoms with Crippen LogP contribution in [0.4, 0.5) is 11.4 Å². The number of aryl methyl sites for hydroxylation is 1. The van der Waals surface area contributed by atoms with Gasteiger partial charge in [-0.05, 0) is 48.4 Å². The lowest BCUT2D eigenvalue weighted by molar-refractivity contribution is -0.120. The molecule has 3 aromatic rings. The predicted octanol–water partition coefficient (Wildman–Crippen LogP) is 4.76. The molecule has 0 spiro atoms. The van der Waals surface area contributed by atoms with Gasteiger partial charge in [0.2, 0.25) is 0 Å². The van der Waals surface area contributed by atoms with Crippen LogP contribution in [-0.2, 0) is 9.59 Å². The third kappa shape index (κ3) is 4.00. The van der Waals surface area contributed by atoms with Crippen LogP contribution in [0, 0.1) is 6.92 Å². The van der Waals surface area contributed by atoms with Crippen LogP contribution in [0.1, 0.15) is 11.1 Å². The summed E-state index contributed by atoms with van der Waals surface area (Å²) in [6, 6.07) is 24.7. The molecular weight excluding hydrogens is 434 g/mol. The van der Waals surface area contributed by atoms with Gasteiger partial charge in [0.25, 0.3) is 11.8 Å². The summed E-state index contributed by atoms with van der Waals surface area (Å²) in [5.41, 5.74) is 4.55. The van der Waals surface area contributed by atoms with E-state index >= 15 is 0 Å². The van der Waals surface area contributed by atoms with Crippen LogP contribution in [0.15, 0.2) is 84.6 Å². The highest BCUT2D eigenvalue weighted by atomic mass is 35.5. The monoisotopic (exact) mass is 457 g/mol. The van der Waals surface area contributed by atoms with Gasteiger partial charge in [-0.3, -0.25) is 9.59 Å². The maximum absolute atomic E-state index is 13.7. The molecule has 6 heteroatoms. The summed E-state index contributed by atoms with van der Waals surface area (Å²) in [4.78, 5) is 32.9. The van der Waals surface area contributed by atoms with Crippen LogP contribution in [0.25, 0.3) is 5.57 Å². The number of imide groups is 1. The summed E-state index contributed by atoms with van der Waals surface area (Å²) < 4.78 is 0. The number of piperazine rings is 1. The standard InChI is InChI=1S/C27H24ClN3O2/c1-19-7-5-11-22(17-19)29-13-15-30(16-14-29)25-24(20-8-3-2-4-9-20)26(32)31(27(25)33)23-12-6-10-21(28)18-23/h2-12,17-18H,13-16H2,1H3. The highest BCUT2D eigenvalue weighted by Gasteiger charge is 2.43. The van der Waals surface area contributed by atoms with Gasteiger partial charge in [-0.2, -0.15) is 0 Å². The number of hydrogen-bond donors (Lipinski definition) is 0. The highest BCUT2D eigenvalue weighted by Crippen LogP contribution is 2.36.